The lowest BCUT2D eigenvalue weighted by Gasteiger charge is -2.12. The number of nitrogens with one attached hydrogen (secondary N) is 1. The van der Waals surface area contributed by atoms with Gasteiger partial charge in [-0.25, -0.2) is 4.79 Å². The highest BCUT2D eigenvalue weighted by Crippen LogP contribution is 2.22. The molecule has 0 spiro atoms. The van der Waals surface area contributed by atoms with Crippen LogP contribution in [0.5, 0.6) is 0 Å². The molecule has 1 aromatic heterocycles. The fraction of sp³-hybridized carbons (Fsp3) is 0.286. The van der Waals surface area contributed by atoms with Crippen LogP contribution in [0.25, 0.3) is 11.1 Å². The molecular weight excluding hydrogens is 264 g/mol. The molecule has 0 saturated carbocycles. The van der Waals surface area contributed by atoms with E-state index >= 15 is 0 Å². The number of H-pyrrole nitrogens is 1. The first kappa shape index (κ1) is 13.6. The summed E-state index contributed by atoms with van der Waals surface area (Å²) < 4.78 is 1.17. The van der Waals surface area contributed by atoms with Crippen LogP contribution >= 0.6 is 11.6 Å². The molecule has 0 aliphatic carbocycles. The number of halogens is 1. The molecule has 0 saturated heterocycles. The molecule has 0 aliphatic heterocycles. The fourth-order valence-corrected chi connectivity index (χ4v) is 2.31. The van der Waals surface area contributed by atoms with Crippen LogP contribution in [-0.4, -0.2) is 9.55 Å². The van der Waals surface area contributed by atoms with Crippen LogP contribution in [0.1, 0.15) is 25.5 Å². The van der Waals surface area contributed by atoms with Crippen molar-refractivity contribution in [1.29, 1.82) is 0 Å². The van der Waals surface area contributed by atoms with Crippen LogP contribution in [0, 0.1) is 6.92 Å². The van der Waals surface area contributed by atoms with Gasteiger partial charge in [0.15, 0.2) is 0 Å². The monoisotopic (exact) mass is 278 g/mol. The maximum absolute atomic E-state index is 12.4. The summed E-state index contributed by atoms with van der Waals surface area (Å²) in [6.45, 7) is 5.50. The second kappa shape index (κ2) is 5.05. The third-order valence-corrected chi connectivity index (χ3v) is 3.19. The Hall–Kier alpha value is -1.81. The zero-order valence-electron chi connectivity index (χ0n) is 11.0. The average molecular weight is 279 g/mol. The molecule has 0 aliphatic rings. The Balaban J connectivity index is 2.82. The molecule has 0 bridgehead atoms. The molecule has 100 valence electrons. The molecule has 1 aromatic carbocycles. The number of nitrogens with zero attached hydrogens (tertiary/aromatic N) is 1. The van der Waals surface area contributed by atoms with Crippen molar-refractivity contribution in [2.24, 2.45) is 0 Å². The first-order chi connectivity index (χ1) is 8.91. The molecule has 5 heteroatoms. The quantitative estimate of drug-likeness (QED) is 0.859. The summed E-state index contributed by atoms with van der Waals surface area (Å²) in [5, 5.41) is 0.0810. The Labute approximate surface area is 115 Å². The van der Waals surface area contributed by atoms with Crippen molar-refractivity contribution in [3.63, 3.8) is 0 Å². The van der Waals surface area contributed by atoms with Crippen LogP contribution in [-0.2, 0) is 0 Å². The van der Waals surface area contributed by atoms with Gasteiger partial charge in [-0.2, -0.15) is 0 Å². The van der Waals surface area contributed by atoms with Crippen molar-refractivity contribution in [3.8, 4) is 11.1 Å². The van der Waals surface area contributed by atoms with Crippen molar-refractivity contribution >= 4 is 11.6 Å². The number of aryl methyl sites for hydroxylation is 1. The van der Waals surface area contributed by atoms with Gasteiger partial charge in [0, 0.05) is 6.04 Å². The topological polar surface area (TPSA) is 54.9 Å². The molecule has 0 radical (unpaired) electrons. The van der Waals surface area contributed by atoms with E-state index < -0.39 is 5.69 Å². The van der Waals surface area contributed by atoms with Gasteiger partial charge in [-0.15, -0.1) is 0 Å². The average Bonchev–Trinajstić information content (AvgIpc) is 2.27. The second-order valence-corrected chi connectivity index (χ2v) is 5.14. The molecule has 1 N–H and O–H groups in total. The predicted molar refractivity (Wildman–Crippen MR) is 76.9 cm³/mol. The first-order valence-corrected chi connectivity index (χ1v) is 6.41. The number of aromatic amines is 1. The summed E-state index contributed by atoms with van der Waals surface area (Å²) in [4.78, 5) is 26.7. The van der Waals surface area contributed by atoms with E-state index in [9.17, 15) is 9.59 Å². The second-order valence-electron chi connectivity index (χ2n) is 4.76. The summed E-state index contributed by atoms with van der Waals surface area (Å²) in [6, 6.07) is 7.23. The lowest BCUT2D eigenvalue weighted by atomic mass is 10.1. The molecule has 2 aromatic rings. The normalized spacial score (nSPS) is 11.0. The van der Waals surface area contributed by atoms with Gasteiger partial charge in [0.2, 0.25) is 0 Å². The van der Waals surface area contributed by atoms with Gasteiger partial charge in [-0.1, -0.05) is 41.4 Å². The van der Waals surface area contributed by atoms with Crippen molar-refractivity contribution in [1.82, 2.24) is 9.55 Å². The van der Waals surface area contributed by atoms with Crippen LogP contribution in [0.4, 0.5) is 0 Å². The highest BCUT2D eigenvalue weighted by molar-refractivity contribution is 6.32. The van der Waals surface area contributed by atoms with Gasteiger partial charge in [0.25, 0.3) is 5.56 Å². The van der Waals surface area contributed by atoms with E-state index in [4.69, 9.17) is 11.6 Å². The van der Waals surface area contributed by atoms with Gasteiger partial charge in [-0.3, -0.25) is 14.3 Å². The summed E-state index contributed by atoms with van der Waals surface area (Å²) in [5.41, 5.74) is 1.21. The number of hydrogen-bond donors (Lipinski definition) is 1. The Kier molecular flexibility index (Phi) is 3.62. The molecular formula is C14H15ClN2O2. The highest BCUT2D eigenvalue weighted by atomic mass is 35.5. The molecule has 19 heavy (non-hydrogen) atoms. The molecule has 4 nitrogen and oxygen atoms in total. The van der Waals surface area contributed by atoms with Crippen LogP contribution in [0.15, 0.2) is 33.9 Å². The van der Waals surface area contributed by atoms with E-state index in [-0.39, 0.29) is 16.8 Å². The third-order valence-electron chi connectivity index (χ3n) is 2.91. The van der Waals surface area contributed by atoms with Gasteiger partial charge in [-0.05, 0) is 26.3 Å². The SMILES string of the molecule is Cc1cccc(-c2c(Cl)[nH]c(=O)n(C(C)C)c2=O)c1. The van der Waals surface area contributed by atoms with Crippen molar-refractivity contribution in [2.75, 3.05) is 0 Å². The molecule has 0 fully saturated rings. The van der Waals surface area contributed by atoms with Crippen molar-refractivity contribution in [2.45, 2.75) is 26.8 Å². The van der Waals surface area contributed by atoms with Crippen molar-refractivity contribution < 1.29 is 0 Å². The largest absolute Gasteiger partial charge is 0.329 e. The van der Waals surface area contributed by atoms with Gasteiger partial charge < -0.3 is 0 Å². The fourth-order valence-electron chi connectivity index (χ4n) is 2.04. The van der Waals surface area contributed by atoms with Gasteiger partial charge in [0.1, 0.15) is 5.15 Å². The van der Waals surface area contributed by atoms with E-state index in [2.05, 4.69) is 4.98 Å². The lowest BCUT2D eigenvalue weighted by molar-refractivity contribution is 0.547. The number of aromatic nitrogens is 2. The molecule has 2 rings (SSSR count). The standard InChI is InChI=1S/C14H15ClN2O2/c1-8(2)17-13(18)11(12(15)16-14(17)19)10-6-4-5-9(3)7-10/h4-8H,1-3H3,(H,16,19). The van der Waals surface area contributed by atoms with E-state index in [1.165, 1.54) is 4.57 Å². The molecule has 0 unspecified atom stereocenters. The van der Waals surface area contributed by atoms with Crippen molar-refractivity contribution in [3.05, 3.63) is 55.8 Å². The zero-order valence-corrected chi connectivity index (χ0v) is 11.8. The Morgan fingerprint density at radius 1 is 1.26 bits per heavy atom. The summed E-state index contributed by atoms with van der Waals surface area (Å²) >= 11 is 6.03. The Morgan fingerprint density at radius 2 is 1.95 bits per heavy atom. The minimum Gasteiger partial charge on any atom is -0.297 e. The molecule has 0 atom stereocenters. The highest BCUT2D eigenvalue weighted by Gasteiger charge is 2.16. The predicted octanol–water partition coefficient (Wildman–Crippen LogP) is 2.75. The number of hydrogen-bond acceptors (Lipinski definition) is 2. The summed E-state index contributed by atoms with van der Waals surface area (Å²) in [5.74, 6) is 0. The zero-order chi connectivity index (χ0) is 14.2. The van der Waals surface area contributed by atoms with E-state index in [1.807, 2.05) is 25.1 Å². The first-order valence-electron chi connectivity index (χ1n) is 6.03. The van der Waals surface area contributed by atoms with Crippen LogP contribution in [0.2, 0.25) is 5.15 Å². The van der Waals surface area contributed by atoms with E-state index in [0.29, 0.717) is 11.1 Å². The maximum atomic E-state index is 12.4. The molecule has 0 amide bonds. The Bertz CT molecular complexity index is 729. The third kappa shape index (κ3) is 2.49. The maximum Gasteiger partial charge on any atom is 0.329 e. The summed E-state index contributed by atoms with van der Waals surface area (Å²) in [7, 11) is 0. The van der Waals surface area contributed by atoms with Crippen LogP contribution < -0.4 is 11.2 Å². The number of benzene rings is 1. The molecule has 1 heterocycles. The van der Waals surface area contributed by atoms with Crippen LogP contribution in [0.3, 0.4) is 0 Å². The van der Waals surface area contributed by atoms with Gasteiger partial charge in [0.05, 0.1) is 5.56 Å². The van der Waals surface area contributed by atoms with Gasteiger partial charge >= 0.3 is 5.69 Å². The lowest BCUT2D eigenvalue weighted by Crippen LogP contribution is -2.37. The Morgan fingerprint density at radius 3 is 2.53 bits per heavy atom. The van der Waals surface area contributed by atoms with E-state index in [0.717, 1.165) is 5.56 Å². The minimum absolute atomic E-state index is 0.0810. The minimum atomic E-state index is -0.485. The smallest absolute Gasteiger partial charge is 0.297 e. The number of rotatable bonds is 2. The summed E-state index contributed by atoms with van der Waals surface area (Å²) in [6.07, 6.45) is 0. The van der Waals surface area contributed by atoms with E-state index in [1.54, 1.807) is 19.9 Å².